The molecule has 0 radical (unpaired) electrons. The molecule has 4 unspecified atom stereocenters. The molecule has 43 heavy (non-hydrogen) atoms. The molecule has 3 aromatic rings. The zero-order valence-corrected chi connectivity index (χ0v) is 25.6. The number of benzene rings is 3. The van der Waals surface area contributed by atoms with Crippen molar-refractivity contribution in [2.75, 3.05) is 12.4 Å². The van der Waals surface area contributed by atoms with Gasteiger partial charge in [0, 0.05) is 18.2 Å². The lowest BCUT2D eigenvalue weighted by Crippen LogP contribution is -2.54. The van der Waals surface area contributed by atoms with Crippen molar-refractivity contribution >= 4 is 23.6 Å². The zero-order valence-electron chi connectivity index (χ0n) is 25.6. The highest BCUT2D eigenvalue weighted by Crippen LogP contribution is 2.41. The molecule has 0 heterocycles. The number of anilines is 1. The Balaban J connectivity index is 1.74. The molecular weight excluding hydrogens is 546 g/mol. The summed E-state index contributed by atoms with van der Waals surface area (Å²) < 4.78 is 10.8. The first kappa shape index (κ1) is 31.4. The summed E-state index contributed by atoms with van der Waals surface area (Å²) in [4.78, 5) is 43.4. The Morgan fingerprint density at radius 2 is 1.63 bits per heavy atom. The quantitative estimate of drug-likeness (QED) is 0.278. The molecular formula is C34H41N3O6. The SMILES string of the molecule is COc1ccc(NC(=O)C(c2ccccc2C)N(C(=O)C(Cc2ccc(O)cc2)NC(=O)OC(C)(C)C)C2CC2C)cc1. The number of alkyl carbamates (subject to hydrolysis) is 1. The van der Waals surface area contributed by atoms with E-state index in [9.17, 15) is 19.5 Å². The standard InChI is InChI=1S/C34H41N3O6/c1-21-9-7-8-10-27(21)30(31(39)35-24-13-17-26(42-6)18-14-24)37(29-19-22(29)2)32(40)28(36-33(41)43-34(3,4)5)20-23-11-15-25(38)16-12-23/h7-18,22,28-30,38H,19-20H2,1-6H3,(H,35,39)(H,36,41). The fraction of sp³-hybridized carbons (Fsp3) is 0.382. The van der Waals surface area contributed by atoms with Crippen LogP contribution in [0.1, 0.15) is 56.8 Å². The van der Waals surface area contributed by atoms with Crippen molar-refractivity contribution < 1.29 is 29.0 Å². The van der Waals surface area contributed by atoms with Gasteiger partial charge in [0.15, 0.2) is 0 Å². The molecule has 1 aliphatic carbocycles. The predicted molar refractivity (Wildman–Crippen MR) is 165 cm³/mol. The van der Waals surface area contributed by atoms with Crippen molar-refractivity contribution in [1.82, 2.24) is 10.2 Å². The van der Waals surface area contributed by atoms with Gasteiger partial charge < -0.3 is 30.1 Å². The van der Waals surface area contributed by atoms with Crippen LogP contribution in [0.3, 0.4) is 0 Å². The Kier molecular flexibility index (Phi) is 9.63. The van der Waals surface area contributed by atoms with E-state index in [4.69, 9.17) is 9.47 Å². The number of nitrogens with one attached hydrogen (secondary N) is 2. The van der Waals surface area contributed by atoms with E-state index < -0.39 is 29.7 Å². The van der Waals surface area contributed by atoms with Crippen LogP contribution in [0.4, 0.5) is 10.5 Å². The van der Waals surface area contributed by atoms with Crippen LogP contribution in [0.15, 0.2) is 72.8 Å². The van der Waals surface area contributed by atoms with E-state index in [2.05, 4.69) is 10.6 Å². The van der Waals surface area contributed by atoms with E-state index in [1.54, 1.807) is 69.2 Å². The lowest BCUT2D eigenvalue weighted by molar-refractivity contribution is -0.141. The molecule has 228 valence electrons. The lowest BCUT2D eigenvalue weighted by Gasteiger charge is -2.35. The minimum Gasteiger partial charge on any atom is -0.508 e. The lowest BCUT2D eigenvalue weighted by atomic mass is 9.96. The second kappa shape index (κ2) is 13.2. The fourth-order valence-corrected chi connectivity index (χ4v) is 5.07. The second-order valence-electron chi connectivity index (χ2n) is 12.1. The summed E-state index contributed by atoms with van der Waals surface area (Å²) in [6.07, 6.45) is 0.127. The van der Waals surface area contributed by atoms with Crippen LogP contribution < -0.4 is 15.4 Å². The van der Waals surface area contributed by atoms with Gasteiger partial charge in [-0.25, -0.2) is 4.79 Å². The van der Waals surface area contributed by atoms with Gasteiger partial charge in [-0.1, -0.05) is 43.3 Å². The fourth-order valence-electron chi connectivity index (χ4n) is 5.07. The van der Waals surface area contributed by atoms with Crippen LogP contribution in [0.25, 0.3) is 0 Å². The van der Waals surface area contributed by atoms with Crippen LogP contribution in [0.2, 0.25) is 0 Å². The monoisotopic (exact) mass is 587 g/mol. The molecule has 1 saturated carbocycles. The first-order chi connectivity index (χ1) is 20.4. The highest BCUT2D eigenvalue weighted by molar-refractivity contribution is 5.99. The van der Waals surface area contributed by atoms with Crippen molar-refractivity contribution in [3.05, 3.63) is 89.5 Å². The van der Waals surface area contributed by atoms with Crippen LogP contribution >= 0.6 is 0 Å². The summed E-state index contributed by atoms with van der Waals surface area (Å²) >= 11 is 0. The molecule has 0 aliphatic heterocycles. The van der Waals surface area contributed by atoms with Crippen molar-refractivity contribution in [2.24, 2.45) is 5.92 Å². The summed E-state index contributed by atoms with van der Waals surface area (Å²) in [5.74, 6) is 0.149. The number of phenolic OH excluding ortho intramolecular Hbond substituents is 1. The summed E-state index contributed by atoms with van der Waals surface area (Å²) in [5, 5.41) is 15.6. The summed E-state index contributed by atoms with van der Waals surface area (Å²) in [6, 6.07) is 18.8. The average Bonchev–Trinajstić information content (AvgIpc) is 3.67. The maximum Gasteiger partial charge on any atom is 0.408 e. The summed E-state index contributed by atoms with van der Waals surface area (Å²) in [5.41, 5.74) is 2.07. The van der Waals surface area contributed by atoms with E-state index in [1.165, 1.54) is 12.1 Å². The number of nitrogens with zero attached hydrogens (tertiary/aromatic N) is 1. The number of ether oxygens (including phenoxy) is 2. The minimum atomic E-state index is -1.03. The van der Waals surface area contributed by atoms with Crippen LogP contribution in [0.5, 0.6) is 11.5 Å². The van der Waals surface area contributed by atoms with Crippen molar-refractivity contribution in [1.29, 1.82) is 0 Å². The predicted octanol–water partition coefficient (Wildman–Crippen LogP) is 5.76. The Hall–Kier alpha value is -4.53. The van der Waals surface area contributed by atoms with Crippen molar-refractivity contribution in [3.8, 4) is 11.5 Å². The number of carbonyl (C=O) groups excluding carboxylic acids is 3. The molecule has 3 aromatic carbocycles. The van der Waals surface area contributed by atoms with E-state index >= 15 is 0 Å². The molecule has 0 spiro atoms. The van der Waals surface area contributed by atoms with E-state index in [0.717, 1.165) is 17.5 Å². The maximum atomic E-state index is 14.6. The number of hydrogen-bond donors (Lipinski definition) is 3. The molecule has 3 N–H and O–H groups in total. The molecule has 9 nitrogen and oxygen atoms in total. The van der Waals surface area contributed by atoms with Crippen molar-refractivity contribution in [2.45, 2.75) is 71.2 Å². The van der Waals surface area contributed by atoms with E-state index in [0.29, 0.717) is 17.0 Å². The van der Waals surface area contributed by atoms with E-state index in [-0.39, 0.29) is 30.0 Å². The number of amides is 3. The molecule has 4 rings (SSSR count). The first-order valence-corrected chi connectivity index (χ1v) is 14.5. The summed E-state index contributed by atoms with van der Waals surface area (Å²) in [7, 11) is 1.57. The third kappa shape index (κ3) is 8.28. The molecule has 4 atom stereocenters. The molecule has 9 heteroatoms. The highest BCUT2D eigenvalue weighted by Gasteiger charge is 2.48. The number of aryl methyl sites for hydroxylation is 1. The smallest absolute Gasteiger partial charge is 0.408 e. The second-order valence-corrected chi connectivity index (χ2v) is 12.1. The maximum absolute atomic E-state index is 14.6. The number of hydrogen-bond acceptors (Lipinski definition) is 6. The van der Waals surface area contributed by atoms with Gasteiger partial charge in [-0.05, 0) is 93.1 Å². The third-order valence-corrected chi connectivity index (χ3v) is 7.41. The number of rotatable bonds is 10. The Morgan fingerprint density at radius 3 is 2.19 bits per heavy atom. The number of aromatic hydroxyl groups is 1. The van der Waals surface area contributed by atoms with Gasteiger partial charge in [0.25, 0.3) is 5.91 Å². The van der Waals surface area contributed by atoms with Gasteiger partial charge in [-0.2, -0.15) is 0 Å². The Labute approximate surface area is 253 Å². The summed E-state index contributed by atoms with van der Waals surface area (Å²) in [6.45, 7) is 9.20. The highest BCUT2D eigenvalue weighted by atomic mass is 16.6. The van der Waals surface area contributed by atoms with Gasteiger partial charge in [0.2, 0.25) is 5.91 Å². The molecule has 3 amide bonds. The van der Waals surface area contributed by atoms with Crippen molar-refractivity contribution in [3.63, 3.8) is 0 Å². The number of methoxy groups -OCH3 is 1. The molecule has 1 fully saturated rings. The Bertz CT molecular complexity index is 1430. The molecule has 0 aromatic heterocycles. The number of carbonyl (C=O) groups is 3. The van der Waals surface area contributed by atoms with Gasteiger partial charge >= 0.3 is 6.09 Å². The van der Waals surface area contributed by atoms with Crippen LogP contribution in [-0.2, 0) is 20.7 Å². The normalized spacial score (nSPS) is 17.3. The average molecular weight is 588 g/mol. The Morgan fingerprint density at radius 1 is 1.00 bits per heavy atom. The minimum absolute atomic E-state index is 0.0926. The molecule has 1 aliphatic rings. The van der Waals surface area contributed by atoms with E-state index in [1.807, 2.05) is 38.1 Å². The first-order valence-electron chi connectivity index (χ1n) is 14.5. The van der Waals surface area contributed by atoms with Gasteiger partial charge in [-0.3, -0.25) is 9.59 Å². The third-order valence-electron chi connectivity index (χ3n) is 7.41. The molecule has 0 saturated heterocycles. The van der Waals surface area contributed by atoms with Gasteiger partial charge in [-0.15, -0.1) is 0 Å². The topological polar surface area (TPSA) is 117 Å². The molecule has 0 bridgehead atoms. The van der Waals surface area contributed by atoms with Crippen LogP contribution in [0, 0.1) is 12.8 Å². The largest absolute Gasteiger partial charge is 0.508 e. The van der Waals surface area contributed by atoms with Gasteiger partial charge in [0.1, 0.15) is 29.2 Å². The number of phenols is 1. The zero-order chi connectivity index (χ0) is 31.3. The van der Waals surface area contributed by atoms with Gasteiger partial charge in [0.05, 0.1) is 7.11 Å². The van der Waals surface area contributed by atoms with Crippen LogP contribution in [-0.4, -0.2) is 52.7 Å².